The zero-order valence-electron chi connectivity index (χ0n) is 19.2. The van der Waals surface area contributed by atoms with Crippen LogP contribution in [0, 0.1) is 17.5 Å². The van der Waals surface area contributed by atoms with Crippen LogP contribution in [-0.2, 0) is 13.1 Å². The number of anilines is 2. The molecule has 2 N–H and O–H groups in total. The second kappa shape index (κ2) is 10.7. The van der Waals surface area contributed by atoms with Crippen molar-refractivity contribution in [2.24, 2.45) is 0 Å². The summed E-state index contributed by atoms with van der Waals surface area (Å²) in [5.74, 6) is -4.40. The minimum atomic E-state index is -1.66. The lowest BCUT2D eigenvalue weighted by atomic mass is 10.2. The minimum Gasteiger partial charge on any atom is -0.494 e. The van der Waals surface area contributed by atoms with Gasteiger partial charge in [0.15, 0.2) is 17.5 Å². The first-order valence-corrected chi connectivity index (χ1v) is 11.3. The second-order valence-electron chi connectivity index (χ2n) is 7.77. The Morgan fingerprint density at radius 2 is 1.76 bits per heavy atom. The smallest absolute Gasteiger partial charge is 0.355 e. The summed E-state index contributed by atoms with van der Waals surface area (Å²) in [5.41, 5.74) is -2.23. The van der Waals surface area contributed by atoms with Gasteiger partial charge in [0.05, 0.1) is 30.4 Å². The summed E-state index contributed by atoms with van der Waals surface area (Å²) in [6, 6.07) is 8.99. The van der Waals surface area contributed by atoms with Crippen molar-refractivity contribution in [3.05, 3.63) is 114 Å². The van der Waals surface area contributed by atoms with E-state index in [1.54, 1.807) is 13.0 Å². The SMILES string of the molecule is CCOc1ccc(Nc2nc(=O)n(Cc3ccc[nH]c3=O)c(=O)n2Cc2cc(F)c(F)c(F)c2)c(Cl)c1. The monoisotopic (exact) mass is 533 g/mol. The maximum absolute atomic E-state index is 13.9. The van der Waals surface area contributed by atoms with E-state index in [0.717, 1.165) is 16.7 Å². The van der Waals surface area contributed by atoms with Crippen molar-refractivity contribution in [2.45, 2.75) is 20.0 Å². The maximum atomic E-state index is 13.9. The predicted molar refractivity (Wildman–Crippen MR) is 130 cm³/mol. The van der Waals surface area contributed by atoms with Gasteiger partial charge in [-0.25, -0.2) is 27.3 Å². The van der Waals surface area contributed by atoms with E-state index in [1.807, 2.05) is 0 Å². The zero-order valence-corrected chi connectivity index (χ0v) is 20.0. The first-order chi connectivity index (χ1) is 17.7. The van der Waals surface area contributed by atoms with Crippen LogP contribution in [-0.4, -0.2) is 25.7 Å². The molecule has 0 aliphatic heterocycles. The molecule has 0 spiro atoms. The molecule has 4 rings (SSSR count). The molecule has 4 aromatic rings. The van der Waals surface area contributed by atoms with Gasteiger partial charge in [0.1, 0.15) is 5.75 Å². The molecule has 0 bridgehead atoms. The van der Waals surface area contributed by atoms with Crippen molar-refractivity contribution in [2.75, 3.05) is 11.9 Å². The van der Waals surface area contributed by atoms with Crippen LogP contribution in [0.25, 0.3) is 0 Å². The lowest BCUT2D eigenvalue weighted by Crippen LogP contribution is -2.43. The zero-order chi connectivity index (χ0) is 26.7. The van der Waals surface area contributed by atoms with E-state index in [0.29, 0.717) is 16.9 Å². The lowest BCUT2D eigenvalue weighted by molar-refractivity contribution is 0.340. The number of rotatable bonds is 8. The Labute approximate surface area is 211 Å². The summed E-state index contributed by atoms with van der Waals surface area (Å²) in [5, 5.41) is 2.95. The highest BCUT2D eigenvalue weighted by atomic mass is 35.5. The number of nitrogens with zero attached hydrogens (tertiary/aromatic N) is 3. The Balaban J connectivity index is 1.83. The van der Waals surface area contributed by atoms with Crippen molar-refractivity contribution in [3.63, 3.8) is 0 Å². The van der Waals surface area contributed by atoms with E-state index in [1.165, 1.54) is 30.5 Å². The molecule has 37 heavy (non-hydrogen) atoms. The number of aromatic nitrogens is 4. The fourth-order valence-corrected chi connectivity index (χ4v) is 3.73. The van der Waals surface area contributed by atoms with Crippen LogP contribution in [0.3, 0.4) is 0 Å². The number of ether oxygens (including phenoxy) is 1. The first kappa shape index (κ1) is 25.8. The van der Waals surface area contributed by atoms with Gasteiger partial charge < -0.3 is 15.0 Å². The Bertz CT molecular complexity index is 1630. The Kier molecular flexibility index (Phi) is 7.48. The van der Waals surface area contributed by atoms with Gasteiger partial charge in [0, 0.05) is 17.8 Å². The normalized spacial score (nSPS) is 10.9. The van der Waals surface area contributed by atoms with Gasteiger partial charge in [0.25, 0.3) is 5.56 Å². The van der Waals surface area contributed by atoms with E-state index in [2.05, 4.69) is 15.3 Å². The van der Waals surface area contributed by atoms with Gasteiger partial charge in [0.2, 0.25) is 5.95 Å². The molecule has 13 heteroatoms. The second-order valence-corrected chi connectivity index (χ2v) is 8.18. The third kappa shape index (κ3) is 5.59. The fourth-order valence-electron chi connectivity index (χ4n) is 3.51. The molecule has 0 amide bonds. The van der Waals surface area contributed by atoms with Crippen LogP contribution in [0.4, 0.5) is 24.8 Å². The van der Waals surface area contributed by atoms with Crippen molar-refractivity contribution in [3.8, 4) is 5.75 Å². The van der Waals surface area contributed by atoms with Gasteiger partial charge >= 0.3 is 11.4 Å². The van der Waals surface area contributed by atoms with Crippen molar-refractivity contribution >= 4 is 23.2 Å². The summed E-state index contributed by atoms with van der Waals surface area (Å²) in [6.45, 7) is 1.28. The third-order valence-corrected chi connectivity index (χ3v) is 5.57. The average Bonchev–Trinajstić information content (AvgIpc) is 2.85. The quantitative estimate of drug-likeness (QED) is 0.336. The largest absolute Gasteiger partial charge is 0.494 e. The Morgan fingerprint density at radius 3 is 2.41 bits per heavy atom. The molecule has 0 saturated heterocycles. The highest BCUT2D eigenvalue weighted by Gasteiger charge is 2.18. The molecule has 192 valence electrons. The number of pyridine rings is 1. The average molecular weight is 534 g/mol. The minimum absolute atomic E-state index is 0.101. The molecule has 0 fully saturated rings. The van der Waals surface area contributed by atoms with Gasteiger partial charge in [-0.15, -0.1) is 0 Å². The van der Waals surface area contributed by atoms with Crippen LogP contribution in [0.15, 0.2) is 63.0 Å². The molecule has 2 aromatic heterocycles. The van der Waals surface area contributed by atoms with E-state index < -0.39 is 47.5 Å². The standard InChI is InChI=1S/C24H19ClF3N5O4/c1-2-37-15-5-6-19(16(25)10-15)30-22-31-23(35)33(12-14-4-3-7-29-21(14)34)24(36)32(22)11-13-8-17(26)20(28)18(27)9-13/h3-10H,2,11-12H2,1H3,(H,29,34)(H,30,31,35). The van der Waals surface area contributed by atoms with Crippen LogP contribution in [0.1, 0.15) is 18.1 Å². The van der Waals surface area contributed by atoms with Crippen LogP contribution in [0.2, 0.25) is 5.02 Å². The number of benzene rings is 2. The molecular weight excluding hydrogens is 515 g/mol. The fraction of sp³-hybridized carbons (Fsp3) is 0.167. The molecule has 0 unspecified atom stereocenters. The number of aromatic amines is 1. The molecule has 2 heterocycles. The Morgan fingerprint density at radius 1 is 1.03 bits per heavy atom. The van der Waals surface area contributed by atoms with E-state index in [9.17, 15) is 27.6 Å². The van der Waals surface area contributed by atoms with E-state index >= 15 is 0 Å². The van der Waals surface area contributed by atoms with Crippen LogP contribution < -0.4 is 27.0 Å². The highest BCUT2D eigenvalue weighted by Crippen LogP contribution is 2.28. The van der Waals surface area contributed by atoms with Crippen LogP contribution >= 0.6 is 11.6 Å². The maximum Gasteiger partial charge on any atom is 0.355 e. The summed E-state index contributed by atoms with van der Waals surface area (Å²) in [7, 11) is 0. The molecule has 0 aliphatic carbocycles. The summed E-state index contributed by atoms with van der Waals surface area (Å²) in [6.07, 6.45) is 1.39. The van der Waals surface area contributed by atoms with Crippen LogP contribution in [0.5, 0.6) is 5.75 Å². The first-order valence-electron chi connectivity index (χ1n) is 10.9. The molecule has 0 atom stereocenters. The lowest BCUT2D eigenvalue weighted by Gasteiger charge is -2.17. The van der Waals surface area contributed by atoms with Crippen molar-refractivity contribution in [1.29, 1.82) is 0 Å². The van der Waals surface area contributed by atoms with E-state index in [4.69, 9.17) is 16.3 Å². The molecule has 0 saturated carbocycles. The number of hydrogen-bond acceptors (Lipinski definition) is 6. The molecule has 0 aliphatic rings. The van der Waals surface area contributed by atoms with E-state index in [-0.39, 0.29) is 27.8 Å². The number of halogens is 4. The molecule has 9 nitrogen and oxygen atoms in total. The number of nitrogens with one attached hydrogen (secondary N) is 2. The highest BCUT2D eigenvalue weighted by molar-refractivity contribution is 6.33. The van der Waals surface area contributed by atoms with Gasteiger partial charge in [-0.3, -0.25) is 9.36 Å². The summed E-state index contributed by atoms with van der Waals surface area (Å²) < 4.78 is 48.2. The summed E-state index contributed by atoms with van der Waals surface area (Å²) >= 11 is 6.30. The third-order valence-electron chi connectivity index (χ3n) is 5.26. The Hall–Kier alpha value is -4.32. The molecule has 0 radical (unpaired) electrons. The molecular formula is C24H19ClF3N5O4. The van der Waals surface area contributed by atoms with Crippen molar-refractivity contribution in [1.82, 2.24) is 19.1 Å². The van der Waals surface area contributed by atoms with Gasteiger partial charge in [-0.05, 0) is 42.8 Å². The summed E-state index contributed by atoms with van der Waals surface area (Å²) in [4.78, 5) is 44.7. The van der Waals surface area contributed by atoms with Gasteiger partial charge in [-0.2, -0.15) is 4.98 Å². The topological polar surface area (TPSA) is 111 Å². The predicted octanol–water partition coefficient (Wildman–Crippen LogP) is 3.40. The van der Waals surface area contributed by atoms with Crippen molar-refractivity contribution < 1.29 is 17.9 Å². The number of H-pyrrole nitrogens is 1. The van der Waals surface area contributed by atoms with Gasteiger partial charge in [-0.1, -0.05) is 17.7 Å². The molecule has 2 aromatic carbocycles. The number of hydrogen-bond donors (Lipinski definition) is 2.